The van der Waals surface area contributed by atoms with Crippen molar-refractivity contribution in [1.29, 1.82) is 0 Å². The van der Waals surface area contributed by atoms with Gasteiger partial charge in [-0.2, -0.15) is 0 Å². The summed E-state index contributed by atoms with van der Waals surface area (Å²) < 4.78 is 5.67. The molecule has 1 saturated heterocycles. The Morgan fingerprint density at radius 2 is 2.24 bits per heavy atom. The van der Waals surface area contributed by atoms with E-state index in [-0.39, 0.29) is 0 Å². The number of rotatable bonds is 7. The molecule has 1 aliphatic rings. The van der Waals surface area contributed by atoms with Crippen molar-refractivity contribution in [2.24, 2.45) is 5.92 Å². The van der Waals surface area contributed by atoms with Crippen molar-refractivity contribution in [3.8, 4) is 0 Å². The van der Waals surface area contributed by atoms with E-state index in [2.05, 4.69) is 31.0 Å². The van der Waals surface area contributed by atoms with Crippen LogP contribution in [0.2, 0.25) is 0 Å². The smallest absolute Gasteiger partial charge is 0.0593 e. The van der Waals surface area contributed by atoms with Gasteiger partial charge >= 0.3 is 0 Å². The van der Waals surface area contributed by atoms with Crippen molar-refractivity contribution in [3.05, 3.63) is 0 Å². The Kier molecular flexibility index (Phi) is 7.82. The monoisotopic (exact) mass is 242 g/mol. The van der Waals surface area contributed by atoms with Gasteiger partial charge in [0, 0.05) is 25.7 Å². The second-order valence-corrected chi connectivity index (χ2v) is 5.56. The quantitative estimate of drug-likeness (QED) is 0.692. The molecule has 0 amide bonds. The zero-order valence-electron chi connectivity index (χ0n) is 11.9. The molecule has 0 saturated carbocycles. The molecular formula is C14H30N2O. The average Bonchev–Trinajstić information content (AvgIpc) is 2.50. The molecule has 0 aromatic rings. The van der Waals surface area contributed by atoms with Crippen LogP contribution in [-0.2, 0) is 4.74 Å². The summed E-state index contributed by atoms with van der Waals surface area (Å²) in [6.45, 7) is 13.1. The van der Waals surface area contributed by atoms with Gasteiger partial charge < -0.3 is 10.1 Å². The molecule has 3 nitrogen and oxygen atoms in total. The van der Waals surface area contributed by atoms with Gasteiger partial charge in [-0.3, -0.25) is 4.90 Å². The Bertz CT molecular complexity index is 185. The summed E-state index contributed by atoms with van der Waals surface area (Å²) in [5, 5.41) is 3.64. The predicted octanol–water partition coefficient (Wildman–Crippen LogP) is 2.12. The third-order valence-corrected chi connectivity index (χ3v) is 3.20. The maximum Gasteiger partial charge on any atom is 0.0593 e. The highest BCUT2D eigenvalue weighted by Crippen LogP contribution is 2.05. The SMILES string of the molecule is CCCC1CN(CCOCC(C)C)CCCN1. The summed E-state index contributed by atoms with van der Waals surface area (Å²) in [4.78, 5) is 2.56. The minimum absolute atomic E-state index is 0.647. The van der Waals surface area contributed by atoms with E-state index >= 15 is 0 Å². The molecule has 0 aromatic carbocycles. The van der Waals surface area contributed by atoms with Crippen LogP contribution in [0, 0.1) is 5.92 Å². The summed E-state index contributed by atoms with van der Waals surface area (Å²) in [6.07, 6.45) is 3.84. The highest BCUT2D eigenvalue weighted by atomic mass is 16.5. The topological polar surface area (TPSA) is 24.5 Å². The van der Waals surface area contributed by atoms with Crippen molar-refractivity contribution < 1.29 is 4.74 Å². The molecule has 1 atom stereocenters. The maximum absolute atomic E-state index is 5.67. The van der Waals surface area contributed by atoms with E-state index in [1.165, 1.54) is 38.9 Å². The lowest BCUT2D eigenvalue weighted by Gasteiger charge is -2.24. The standard InChI is InChI=1S/C14H30N2O/c1-4-6-14-11-16(8-5-7-15-14)9-10-17-12-13(2)3/h13-15H,4-12H2,1-3H3. The van der Waals surface area contributed by atoms with Crippen LogP contribution in [0.1, 0.15) is 40.0 Å². The summed E-state index contributed by atoms with van der Waals surface area (Å²) in [7, 11) is 0. The van der Waals surface area contributed by atoms with Gasteiger partial charge in [-0.05, 0) is 31.8 Å². The molecule has 1 aliphatic heterocycles. The van der Waals surface area contributed by atoms with Crippen LogP contribution in [0.3, 0.4) is 0 Å². The molecule has 1 unspecified atom stereocenters. The van der Waals surface area contributed by atoms with Gasteiger partial charge in [-0.1, -0.05) is 27.2 Å². The third-order valence-electron chi connectivity index (χ3n) is 3.20. The molecule has 1 rings (SSSR count). The van der Waals surface area contributed by atoms with Crippen LogP contribution in [0.4, 0.5) is 0 Å². The lowest BCUT2D eigenvalue weighted by molar-refractivity contribution is 0.0846. The van der Waals surface area contributed by atoms with Crippen LogP contribution in [0.15, 0.2) is 0 Å². The first kappa shape index (κ1) is 14.9. The molecule has 3 heteroatoms. The second-order valence-electron chi connectivity index (χ2n) is 5.56. The highest BCUT2D eigenvalue weighted by Gasteiger charge is 2.16. The van der Waals surface area contributed by atoms with Crippen molar-refractivity contribution in [1.82, 2.24) is 10.2 Å². The van der Waals surface area contributed by atoms with Crippen molar-refractivity contribution in [2.45, 2.75) is 46.1 Å². The molecule has 0 spiro atoms. The summed E-state index contributed by atoms with van der Waals surface area (Å²) in [6, 6.07) is 0.688. The average molecular weight is 242 g/mol. The fraction of sp³-hybridized carbons (Fsp3) is 1.00. The predicted molar refractivity (Wildman–Crippen MR) is 73.4 cm³/mol. The Hall–Kier alpha value is -0.120. The van der Waals surface area contributed by atoms with E-state index in [0.717, 1.165) is 19.8 Å². The fourth-order valence-corrected chi connectivity index (χ4v) is 2.33. The first-order valence-corrected chi connectivity index (χ1v) is 7.25. The van der Waals surface area contributed by atoms with E-state index in [9.17, 15) is 0 Å². The van der Waals surface area contributed by atoms with Crippen LogP contribution in [0.5, 0.6) is 0 Å². The van der Waals surface area contributed by atoms with Gasteiger partial charge in [-0.15, -0.1) is 0 Å². The van der Waals surface area contributed by atoms with Gasteiger partial charge in [0.1, 0.15) is 0 Å². The highest BCUT2D eigenvalue weighted by molar-refractivity contribution is 4.76. The lowest BCUT2D eigenvalue weighted by Crippen LogP contribution is -2.38. The Morgan fingerprint density at radius 1 is 1.41 bits per heavy atom. The van der Waals surface area contributed by atoms with E-state index in [0.29, 0.717) is 12.0 Å². The molecule has 1 heterocycles. The summed E-state index contributed by atoms with van der Waals surface area (Å²) in [5.41, 5.74) is 0. The molecular weight excluding hydrogens is 212 g/mol. The molecule has 0 bridgehead atoms. The fourth-order valence-electron chi connectivity index (χ4n) is 2.33. The number of nitrogens with zero attached hydrogens (tertiary/aromatic N) is 1. The zero-order valence-corrected chi connectivity index (χ0v) is 11.9. The van der Waals surface area contributed by atoms with Crippen molar-refractivity contribution in [3.63, 3.8) is 0 Å². The van der Waals surface area contributed by atoms with Crippen LogP contribution < -0.4 is 5.32 Å². The Balaban J connectivity index is 2.17. The van der Waals surface area contributed by atoms with Crippen molar-refractivity contribution >= 4 is 0 Å². The minimum Gasteiger partial charge on any atom is -0.380 e. The Labute approximate surface area is 107 Å². The number of nitrogens with one attached hydrogen (secondary N) is 1. The van der Waals surface area contributed by atoms with Crippen molar-refractivity contribution in [2.75, 3.05) is 39.4 Å². The van der Waals surface area contributed by atoms with Crippen LogP contribution in [-0.4, -0.2) is 50.3 Å². The minimum atomic E-state index is 0.647. The molecule has 0 aliphatic carbocycles. The van der Waals surface area contributed by atoms with Crippen LogP contribution >= 0.6 is 0 Å². The molecule has 102 valence electrons. The number of hydrogen-bond donors (Lipinski definition) is 1. The summed E-state index contributed by atoms with van der Waals surface area (Å²) in [5.74, 6) is 0.647. The molecule has 1 fully saturated rings. The number of ether oxygens (including phenoxy) is 1. The first-order valence-electron chi connectivity index (χ1n) is 7.25. The molecule has 1 N–H and O–H groups in total. The van der Waals surface area contributed by atoms with E-state index < -0.39 is 0 Å². The zero-order chi connectivity index (χ0) is 12.5. The summed E-state index contributed by atoms with van der Waals surface area (Å²) >= 11 is 0. The Morgan fingerprint density at radius 3 is 2.94 bits per heavy atom. The normalized spacial score (nSPS) is 22.9. The largest absolute Gasteiger partial charge is 0.380 e. The third kappa shape index (κ3) is 7.02. The number of hydrogen-bond acceptors (Lipinski definition) is 3. The van der Waals surface area contributed by atoms with E-state index in [1.807, 2.05) is 0 Å². The first-order chi connectivity index (χ1) is 8.22. The van der Waals surface area contributed by atoms with E-state index in [4.69, 9.17) is 4.74 Å². The van der Waals surface area contributed by atoms with Gasteiger partial charge in [0.2, 0.25) is 0 Å². The van der Waals surface area contributed by atoms with Gasteiger partial charge in [0.15, 0.2) is 0 Å². The molecule has 0 radical (unpaired) electrons. The van der Waals surface area contributed by atoms with Crippen LogP contribution in [0.25, 0.3) is 0 Å². The van der Waals surface area contributed by atoms with E-state index in [1.54, 1.807) is 0 Å². The van der Waals surface area contributed by atoms with Gasteiger partial charge in [0.05, 0.1) is 6.61 Å². The maximum atomic E-state index is 5.67. The lowest BCUT2D eigenvalue weighted by atomic mass is 10.1. The molecule has 17 heavy (non-hydrogen) atoms. The second kappa shape index (κ2) is 8.90. The van der Waals surface area contributed by atoms with Gasteiger partial charge in [-0.25, -0.2) is 0 Å². The molecule has 0 aromatic heterocycles. The van der Waals surface area contributed by atoms with Gasteiger partial charge in [0.25, 0.3) is 0 Å².